The van der Waals surface area contributed by atoms with Crippen molar-refractivity contribution in [1.82, 2.24) is 10.1 Å². The molecule has 96 valence electrons. The molecule has 0 aliphatic carbocycles. The number of rotatable bonds is 5. The van der Waals surface area contributed by atoms with Crippen LogP contribution in [0.1, 0.15) is 36.9 Å². The van der Waals surface area contributed by atoms with Crippen LogP contribution in [-0.4, -0.2) is 35.6 Å². The van der Waals surface area contributed by atoms with Crippen molar-refractivity contribution in [2.75, 3.05) is 19.6 Å². The first-order chi connectivity index (χ1) is 7.91. The molecule has 0 aliphatic heterocycles. The van der Waals surface area contributed by atoms with Crippen LogP contribution in [0, 0.1) is 12.3 Å². The van der Waals surface area contributed by atoms with Crippen molar-refractivity contribution < 1.29 is 9.32 Å². The third-order valence-corrected chi connectivity index (χ3v) is 2.82. The van der Waals surface area contributed by atoms with Gasteiger partial charge in [-0.05, 0) is 25.8 Å². The van der Waals surface area contributed by atoms with Crippen LogP contribution in [-0.2, 0) is 0 Å². The van der Waals surface area contributed by atoms with Gasteiger partial charge in [0.25, 0.3) is 5.91 Å². The summed E-state index contributed by atoms with van der Waals surface area (Å²) in [6.45, 7) is 9.60. The minimum Gasteiger partial charge on any atom is -0.361 e. The zero-order chi connectivity index (χ0) is 13.1. The van der Waals surface area contributed by atoms with Gasteiger partial charge in [0, 0.05) is 13.1 Å². The lowest BCUT2D eigenvalue weighted by atomic mass is 9.93. The molecule has 0 aliphatic rings. The second-order valence-corrected chi connectivity index (χ2v) is 4.98. The first-order valence-corrected chi connectivity index (χ1v) is 5.82. The summed E-state index contributed by atoms with van der Waals surface area (Å²) in [5, 5.41) is 3.63. The van der Waals surface area contributed by atoms with Crippen LogP contribution in [0.2, 0.25) is 0 Å². The third kappa shape index (κ3) is 3.30. The van der Waals surface area contributed by atoms with Gasteiger partial charge in [0.15, 0.2) is 0 Å². The average Bonchev–Trinajstić information content (AvgIpc) is 2.71. The maximum Gasteiger partial charge on any atom is 0.259 e. The summed E-state index contributed by atoms with van der Waals surface area (Å²) in [6.07, 6.45) is 1.47. The van der Waals surface area contributed by atoms with Gasteiger partial charge in [0.05, 0.1) is 6.20 Å². The molecule has 0 saturated carbocycles. The van der Waals surface area contributed by atoms with Crippen molar-refractivity contribution in [2.24, 2.45) is 11.1 Å². The molecule has 1 amide bonds. The predicted octanol–water partition coefficient (Wildman–Crippen LogP) is 1.43. The van der Waals surface area contributed by atoms with E-state index < -0.39 is 0 Å². The summed E-state index contributed by atoms with van der Waals surface area (Å²) < 4.78 is 4.91. The summed E-state index contributed by atoms with van der Waals surface area (Å²) in [7, 11) is 0. The maximum absolute atomic E-state index is 12.2. The van der Waals surface area contributed by atoms with E-state index in [0.717, 1.165) is 0 Å². The lowest BCUT2D eigenvalue weighted by Gasteiger charge is -2.30. The van der Waals surface area contributed by atoms with E-state index in [4.69, 9.17) is 10.3 Å². The molecule has 0 spiro atoms. The van der Waals surface area contributed by atoms with Crippen LogP contribution in [0.5, 0.6) is 0 Å². The summed E-state index contributed by atoms with van der Waals surface area (Å²) in [6, 6.07) is 0. The molecular formula is C12H21N3O2. The molecule has 0 saturated heterocycles. The van der Waals surface area contributed by atoms with Crippen molar-refractivity contribution in [1.29, 1.82) is 0 Å². The Balaban J connectivity index is 2.82. The minimum absolute atomic E-state index is 0.0484. The predicted molar refractivity (Wildman–Crippen MR) is 65.7 cm³/mol. The first-order valence-electron chi connectivity index (χ1n) is 5.82. The number of aryl methyl sites for hydroxylation is 1. The van der Waals surface area contributed by atoms with Crippen LogP contribution >= 0.6 is 0 Å². The molecule has 0 atom stereocenters. The SMILES string of the molecule is CCN(CC(C)(C)CN)C(=O)c1cnoc1C. The highest BCUT2D eigenvalue weighted by molar-refractivity contribution is 5.94. The van der Waals surface area contributed by atoms with Gasteiger partial charge in [-0.15, -0.1) is 0 Å². The second-order valence-electron chi connectivity index (χ2n) is 4.98. The van der Waals surface area contributed by atoms with Crippen LogP contribution in [0.4, 0.5) is 0 Å². The van der Waals surface area contributed by atoms with Gasteiger partial charge in [0.2, 0.25) is 0 Å². The number of nitrogens with two attached hydrogens (primary N) is 1. The molecule has 1 rings (SSSR count). The summed E-state index contributed by atoms with van der Waals surface area (Å²) >= 11 is 0. The molecule has 0 radical (unpaired) electrons. The number of nitrogens with zero attached hydrogens (tertiary/aromatic N) is 2. The standard InChI is InChI=1S/C12H21N3O2/c1-5-15(8-12(3,4)7-13)11(16)10-6-14-17-9(10)2/h6H,5,7-8,13H2,1-4H3. The van der Waals surface area contributed by atoms with Crippen LogP contribution in [0.25, 0.3) is 0 Å². The Morgan fingerprint density at radius 1 is 1.59 bits per heavy atom. The molecule has 0 aromatic carbocycles. The number of amides is 1. The average molecular weight is 239 g/mol. The molecule has 0 fully saturated rings. The number of aromatic nitrogens is 1. The van der Waals surface area contributed by atoms with E-state index in [1.807, 2.05) is 20.8 Å². The lowest BCUT2D eigenvalue weighted by molar-refractivity contribution is 0.0699. The highest BCUT2D eigenvalue weighted by Gasteiger charge is 2.25. The van der Waals surface area contributed by atoms with Gasteiger partial charge >= 0.3 is 0 Å². The normalized spacial score (nSPS) is 11.6. The number of carbonyl (C=O) groups is 1. The molecule has 5 nitrogen and oxygen atoms in total. The third-order valence-electron chi connectivity index (χ3n) is 2.82. The highest BCUT2D eigenvalue weighted by Crippen LogP contribution is 2.17. The van der Waals surface area contributed by atoms with Crippen LogP contribution in [0.3, 0.4) is 0 Å². The molecule has 1 aromatic rings. The highest BCUT2D eigenvalue weighted by atomic mass is 16.5. The van der Waals surface area contributed by atoms with Crippen molar-refractivity contribution in [3.05, 3.63) is 17.5 Å². The molecular weight excluding hydrogens is 218 g/mol. The maximum atomic E-state index is 12.2. The number of hydrogen-bond donors (Lipinski definition) is 1. The fourth-order valence-corrected chi connectivity index (χ4v) is 1.58. The lowest BCUT2D eigenvalue weighted by Crippen LogP contribution is -2.42. The van der Waals surface area contributed by atoms with E-state index in [-0.39, 0.29) is 11.3 Å². The topological polar surface area (TPSA) is 72.4 Å². The zero-order valence-corrected chi connectivity index (χ0v) is 11.0. The van der Waals surface area contributed by atoms with Crippen molar-refractivity contribution in [2.45, 2.75) is 27.7 Å². The Morgan fingerprint density at radius 2 is 2.24 bits per heavy atom. The molecule has 0 unspecified atom stereocenters. The van der Waals surface area contributed by atoms with Crippen LogP contribution in [0.15, 0.2) is 10.7 Å². The Bertz CT molecular complexity index is 385. The van der Waals surface area contributed by atoms with E-state index in [2.05, 4.69) is 5.16 Å². The largest absolute Gasteiger partial charge is 0.361 e. The Kier molecular flexibility index (Phi) is 4.28. The van der Waals surface area contributed by atoms with Gasteiger partial charge in [0.1, 0.15) is 11.3 Å². The smallest absolute Gasteiger partial charge is 0.259 e. The van der Waals surface area contributed by atoms with Crippen LogP contribution < -0.4 is 5.73 Å². The molecule has 17 heavy (non-hydrogen) atoms. The Labute approximate surface area is 102 Å². The molecule has 1 aromatic heterocycles. The van der Waals surface area contributed by atoms with E-state index in [9.17, 15) is 4.79 Å². The fraction of sp³-hybridized carbons (Fsp3) is 0.667. The summed E-state index contributed by atoms with van der Waals surface area (Å²) in [5.74, 6) is 0.506. The molecule has 5 heteroatoms. The van der Waals surface area contributed by atoms with E-state index in [1.165, 1.54) is 6.20 Å². The van der Waals surface area contributed by atoms with Gasteiger partial charge in [-0.1, -0.05) is 19.0 Å². The van der Waals surface area contributed by atoms with Crippen molar-refractivity contribution in [3.63, 3.8) is 0 Å². The number of hydrogen-bond acceptors (Lipinski definition) is 4. The van der Waals surface area contributed by atoms with E-state index in [0.29, 0.717) is 31.0 Å². The zero-order valence-electron chi connectivity index (χ0n) is 11.0. The quantitative estimate of drug-likeness (QED) is 0.843. The van der Waals surface area contributed by atoms with E-state index >= 15 is 0 Å². The Hall–Kier alpha value is -1.36. The molecule has 1 heterocycles. The Morgan fingerprint density at radius 3 is 2.65 bits per heavy atom. The summed E-state index contributed by atoms with van der Waals surface area (Å²) in [4.78, 5) is 14.0. The van der Waals surface area contributed by atoms with Gasteiger partial charge in [-0.25, -0.2) is 0 Å². The van der Waals surface area contributed by atoms with Gasteiger partial charge in [-0.2, -0.15) is 0 Å². The van der Waals surface area contributed by atoms with Gasteiger partial charge < -0.3 is 15.2 Å². The molecule has 2 N–H and O–H groups in total. The van der Waals surface area contributed by atoms with Crippen molar-refractivity contribution >= 4 is 5.91 Å². The minimum atomic E-state index is -0.0866. The first kappa shape index (κ1) is 13.7. The number of carbonyl (C=O) groups excluding carboxylic acids is 1. The second kappa shape index (κ2) is 5.31. The molecule has 0 bridgehead atoms. The van der Waals surface area contributed by atoms with Gasteiger partial charge in [-0.3, -0.25) is 4.79 Å². The van der Waals surface area contributed by atoms with Crippen molar-refractivity contribution in [3.8, 4) is 0 Å². The fourth-order valence-electron chi connectivity index (χ4n) is 1.58. The van der Waals surface area contributed by atoms with E-state index in [1.54, 1.807) is 11.8 Å². The monoisotopic (exact) mass is 239 g/mol. The summed E-state index contributed by atoms with van der Waals surface area (Å²) in [5.41, 5.74) is 6.13.